The molecule has 0 N–H and O–H groups in total. The van der Waals surface area contributed by atoms with Crippen LogP contribution < -0.4 is 16.0 Å². The summed E-state index contributed by atoms with van der Waals surface area (Å²) in [4.78, 5) is 45.0. The number of aromatic nitrogens is 4. The summed E-state index contributed by atoms with van der Waals surface area (Å²) in [5, 5.41) is 5.41. The van der Waals surface area contributed by atoms with Crippen LogP contribution in [0.2, 0.25) is 0 Å². The molecule has 0 bridgehead atoms. The molecule has 0 unspecified atom stereocenters. The molecule has 10 nitrogen and oxygen atoms in total. The first kappa shape index (κ1) is 31.2. The van der Waals surface area contributed by atoms with E-state index in [1.54, 1.807) is 48.0 Å². The van der Waals surface area contributed by atoms with Gasteiger partial charge in [-0.05, 0) is 70.7 Å². The zero-order valence-electron chi connectivity index (χ0n) is 26.3. The van der Waals surface area contributed by atoms with E-state index in [4.69, 9.17) is 9.47 Å². The number of aryl methyl sites for hydroxylation is 1. The Kier molecular flexibility index (Phi) is 8.71. The van der Waals surface area contributed by atoms with Gasteiger partial charge in [-0.2, -0.15) is 5.10 Å². The van der Waals surface area contributed by atoms with Crippen molar-refractivity contribution in [2.24, 2.45) is 0 Å². The second-order valence-electron chi connectivity index (χ2n) is 12.5. The van der Waals surface area contributed by atoms with E-state index in [1.165, 1.54) is 35.1 Å². The molecule has 1 saturated carbocycles. The van der Waals surface area contributed by atoms with Crippen LogP contribution in [0.25, 0.3) is 15.2 Å². The molecule has 1 aromatic carbocycles. The van der Waals surface area contributed by atoms with Crippen molar-refractivity contribution in [3.05, 3.63) is 74.4 Å². The van der Waals surface area contributed by atoms with Crippen molar-refractivity contribution in [1.82, 2.24) is 23.8 Å². The van der Waals surface area contributed by atoms with E-state index in [0.717, 1.165) is 49.5 Å². The van der Waals surface area contributed by atoms with Crippen LogP contribution >= 0.6 is 11.3 Å². The molecule has 1 aliphatic carbocycles. The maximum Gasteiger partial charge on any atom is 0.333 e. The Morgan fingerprint density at radius 3 is 2.53 bits per heavy atom. The predicted octanol–water partition coefficient (Wildman–Crippen LogP) is 5.31. The minimum absolute atomic E-state index is 0.0155. The van der Waals surface area contributed by atoms with Gasteiger partial charge in [0.2, 0.25) is 5.91 Å². The number of benzene rings is 1. The minimum Gasteiger partial charge on any atom is -0.496 e. The molecule has 45 heavy (non-hydrogen) atoms. The van der Waals surface area contributed by atoms with Crippen molar-refractivity contribution >= 4 is 27.5 Å². The average Bonchev–Trinajstić information content (AvgIpc) is 3.81. The molecule has 1 aliphatic heterocycles. The summed E-state index contributed by atoms with van der Waals surface area (Å²) in [6.07, 6.45) is 9.25. The molecule has 1 amide bonds. The van der Waals surface area contributed by atoms with Gasteiger partial charge in [0.25, 0.3) is 5.56 Å². The minimum atomic E-state index is -1.45. The van der Waals surface area contributed by atoms with Crippen molar-refractivity contribution in [2.45, 2.75) is 90.0 Å². The van der Waals surface area contributed by atoms with E-state index >= 15 is 0 Å². The molecule has 0 spiro atoms. The van der Waals surface area contributed by atoms with E-state index in [1.807, 2.05) is 6.92 Å². The number of amides is 1. The van der Waals surface area contributed by atoms with Gasteiger partial charge in [-0.15, -0.1) is 0 Å². The third-order valence-corrected chi connectivity index (χ3v) is 10.5. The van der Waals surface area contributed by atoms with Gasteiger partial charge in [0.05, 0.1) is 25.1 Å². The zero-order chi connectivity index (χ0) is 31.9. The molecule has 240 valence electrons. The maximum atomic E-state index is 14.7. The van der Waals surface area contributed by atoms with Gasteiger partial charge in [-0.3, -0.25) is 14.2 Å². The number of halogens is 1. The number of likely N-dealkylation sites (tertiary alicyclic amines) is 1. The van der Waals surface area contributed by atoms with Gasteiger partial charge in [-0.1, -0.05) is 30.6 Å². The topological polar surface area (TPSA) is 101 Å². The summed E-state index contributed by atoms with van der Waals surface area (Å²) >= 11 is 1.28. The third-order valence-electron chi connectivity index (χ3n) is 9.17. The summed E-state index contributed by atoms with van der Waals surface area (Å²) in [5.74, 6) is -0.276. The van der Waals surface area contributed by atoms with Crippen LogP contribution in [-0.4, -0.2) is 56.0 Å². The molecule has 2 fully saturated rings. The average molecular weight is 638 g/mol. The fourth-order valence-electron chi connectivity index (χ4n) is 6.77. The number of hydrogen-bond acceptors (Lipinski definition) is 7. The quantitative estimate of drug-likeness (QED) is 0.247. The molecule has 1 saturated heterocycles. The van der Waals surface area contributed by atoms with E-state index in [2.05, 4.69) is 5.10 Å². The maximum absolute atomic E-state index is 14.7. The van der Waals surface area contributed by atoms with Crippen LogP contribution in [-0.2, 0) is 21.6 Å². The lowest BCUT2D eigenvalue weighted by atomic mass is 9.97. The van der Waals surface area contributed by atoms with Gasteiger partial charge in [0.1, 0.15) is 33.0 Å². The number of thiophene rings is 1. The highest BCUT2D eigenvalue weighted by atomic mass is 32.1. The summed E-state index contributed by atoms with van der Waals surface area (Å²) in [6, 6.07) is 6.07. The van der Waals surface area contributed by atoms with E-state index < -0.39 is 28.7 Å². The van der Waals surface area contributed by atoms with Gasteiger partial charge in [-0.25, -0.2) is 18.4 Å². The summed E-state index contributed by atoms with van der Waals surface area (Å²) in [7, 11) is 1.52. The number of nitrogens with zero attached hydrogens (tertiary/aromatic N) is 5. The molecule has 1 atom stereocenters. The molecular weight excluding hydrogens is 597 g/mol. The lowest BCUT2D eigenvalue weighted by Crippen LogP contribution is -2.56. The summed E-state index contributed by atoms with van der Waals surface area (Å²) in [5.41, 5.74) is -1.46. The fraction of sp³-hybridized carbons (Fsp3) is 0.515. The smallest absolute Gasteiger partial charge is 0.333 e. The first-order chi connectivity index (χ1) is 21.6. The van der Waals surface area contributed by atoms with Gasteiger partial charge >= 0.3 is 5.69 Å². The predicted molar refractivity (Wildman–Crippen MR) is 171 cm³/mol. The Bertz CT molecular complexity index is 1810. The second kappa shape index (κ2) is 12.6. The molecule has 6 rings (SSSR count). The number of methoxy groups -OCH3 is 1. The van der Waals surface area contributed by atoms with Crippen LogP contribution in [0.15, 0.2) is 46.2 Å². The molecule has 12 heteroatoms. The lowest BCUT2D eigenvalue weighted by molar-refractivity contribution is -0.138. The second-order valence-corrected chi connectivity index (χ2v) is 13.5. The van der Waals surface area contributed by atoms with Crippen molar-refractivity contribution < 1.29 is 18.7 Å². The van der Waals surface area contributed by atoms with E-state index in [-0.39, 0.29) is 18.6 Å². The molecule has 4 aromatic rings. The number of carbonyl (C=O) groups excluding carboxylic acids is 1. The first-order valence-electron chi connectivity index (χ1n) is 15.7. The number of ether oxygens (including phenoxy) is 2. The van der Waals surface area contributed by atoms with E-state index in [0.29, 0.717) is 45.2 Å². The molecule has 4 heterocycles. The first-order valence-corrected chi connectivity index (χ1v) is 16.5. The number of rotatable bonds is 9. The Balaban J connectivity index is 1.57. The summed E-state index contributed by atoms with van der Waals surface area (Å²) in [6.45, 7) is 6.26. The van der Waals surface area contributed by atoms with Gasteiger partial charge in [0.15, 0.2) is 0 Å². The number of carbonyl (C=O) groups is 1. The Labute approximate surface area is 265 Å². The van der Waals surface area contributed by atoms with Crippen molar-refractivity contribution in [2.75, 3.05) is 20.2 Å². The number of hydrogen-bond donors (Lipinski definition) is 0. The Morgan fingerprint density at radius 2 is 1.87 bits per heavy atom. The third kappa shape index (κ3) is 5.74. The van der Waals surface area contributed by atoms with Crippen LogP contribution in [0.1, 0.15) is 76.0 Å². The number of fused-ring (bicyclic) bond motifs is 1. The highest BCUT2D eigenvalue weighted by molar-refractivity contribution is 7.21. The van der Waals surface area contributed by atoms with Crippen LogP contribution in [0.3, 0.4) is 0 Å². The van der Waals surface area contributed by atoms with Crippen LogP contribution in [0.4, 0.5) is 4.39 Å². The molecule has 0 radical (unpaired) electrons. The normalized spacial score (nSPS) is 16.9. The molecule has 2 aliphatic rings. The van der Waals surface area contributed by atoms with Gasteiger partial charge < -0.3 is 14.4 Å². The van der Waals surface area contributed by atoms with Crippen molar-refractivity contribution in [1.29, 1.82) is 0 Å². The molecule has 3 aromatic heterocycles. The Hall–Kier alpha value is -3.77. The zero-order valence-corrected chi connectivity index (χ0v) is 27.1. The van der Waals surface area contributed by atoms with Crippen molar-refractivity contribution in [3.8, 4) is 10.8 Å². The summed E-state index contributed by atoms with van der Waals surface area (Å²) < 4.78 is 31.4. The molecular formula is C33H40FN5O5S. The Morgan fingerprint density at radius 1 is 1.13 bits per heavy atom. The van der Waals surface area contributed by atoms with Crippen LogP contribution in [0.5, 0.6) is 5.75 Å². The largest absolute Gasteiger partial charge is 0.496 e. The highest BCUT2D eigenvalue weighted by Gasteiger charge is 2.39. The SMILES string of the molecule is COc1ccc(F)cc1[C@H](Cn1c(=O)n(C(C)(C)C(=O)N2CCCC2)c(=O)c2c(C)c(-n3cccn3)sc21)OC1CCCCC1. The standard InChI is InChI=1S/C33H40FN5O5S/c1-21-27-28(40)39(33(2,3)31(41)36-16-8-9-17-36)32(42)37(30(27)45-29(21)38-18-10-15-35-38)20-26(44-23-11-6-5-7-12-23)24-19-22(34)13-14-25(24)43-4/h10,13-15,18-19,23,26H,5-9,11-12,16-17,20H2,1-4H3/t26-/m0/s1. The highest BCUT2D eigenvalue weighted by Crippen LogP contribution is 2.36. The van der Waals surface area contributed by atoms with Gasteiger partial charge in [0, 0.05) is 36.6 Å². The monoisotopic (exact) mass is 637 g/mol. The van der Waals surface area contributed by atoms with E-state index in [9.17, 15) is 18.8 Å². The fourth-order valence-corrected chi connectivity index (χ4v) is 8.01. The lowest BCUT2D eigenvalue weighted by Gasteiger charge is -2.32. The van der Waals surface area contributed by atoms with Crippen molar-refractivity contribution in [3.63, 3.8) is 0 Å². The van der Waals surface area contributed by atoms with Crippen LogP contribution in [0, 0.1) is 12.7 Å².